The number of imidazole rings is 1. The number of benzene rings is 1. The Bertz CT molecular complexity index is 1800. The fraction of sp³-hybridized carbons (Fsp3) is 0.375. The molecule has 4 aromatic heterocycles. The van der Waals surface area contributed by atoms with Crippen LogP contribution >= 0.6 is 0 Å². The molecule has 10 nitrogen and oxygen atoms in total. The van der Waals surface area contributed by atoms with Gasteiger partial charge in [-0.3, -0.25) is 23.8 Å². The summed E-state index contributed by atoms with van der Waals surface area (Å²) in [5.41, 5.74) is 3.76. The first-order chi connectivity index (χ1) is 20.9. The quantitative estimate of drug-likeness (QED) is 0.275. The minimum Gasteiger partial charge on any atom is -0.492 e. The Morgan fingerprint density at radius 2 is 2.00 bits per heavy atom. The van der Waals surface area contributed by atoms with Crippen LogP contribution in [0, 0.1) is 5.95 Å². The highest BCUT2D eigenvalue weighted by atomic mass is 19.1. The van der Waals surface area contributed by atoms with Crippen molar-refractivity contribution in [2.24, 2.45) is 0 Å². The maximum atomic E-state index is 15.2. The molecule has 7 rings (SSSR count). The topological polar surface area (TPSA) is 92.8 Å². The summed E-state index contributed by atoms with van der Waals surface area (Å²) >= 11 is 0. The van der Waals surface area contributed by atoms with Crippen LogP contribution in [0.2, 0.25) is 0 Å². The number of halogens is 1. The Balaban J connectivity index is 1.04. The second-order valence-electron chi connectivity index (χ2n) is 11.6. The molecule has 43 heavy (non-hydrogen) atoms. The van der Waals surface area contributed by atoms with Gasteiger partial charge in [-0.1, -0.05) is 12.1 Å². The summed E-state index contributed by atoms with van der Waals surface area (Å²) in [5.74, 6) is 0.186. The molecule has 1 saturated heterocycles. The minimum absolute atomic E-state index is 0.258. The highest BCUT2D eigenvalue weighted by Gasteiger charge is 2.25. The van der Waals surface area contributed by atoms with E-state index in [4.69, 9.17) is 9.72 Å². The predicted octanol–water partition coefficient (Wildman–Crippen LogP) is 4.41. The van der Waals surface area contributed by atoms with Crippen LogP contribution in [-0.2, 0) is 6.54 Å². The van der Waals surface area contributed by atoms with Gasteiger partial charge in [-0.05, 0) is 57.1 Å². The maximum Gasteiger partial charge on any atom is 0.274 e. The Morgan fingerprint density at radius 3 is 2.84 bits per heavy atom. The van der Waals surface area contributed by atoms with Crippen molar-refractivity contribution >= 4 is 28.1 Å². The third-order valence-corrected chi connectivity index (χ3v) is 8.56. The van der Waals surface area contributed by atoms with Crippen molar-refractivity contribution in [3.05, 3.63) is 84.0 Å². The number of aromatic nitrogens is 5. The minimum atomic E-state index is -0.643. The molecular formula is C32H35FN8O2. The van der Waals surface area contributed by atoms with E-state index in [2.05, 4.69) is 39.2 Å². The van der Waals surface area contributed by atoms with Gasteiger partial charge in [0.25, 0.3) is 5.91 Å². The molecule has 1 aliphatic carbocycles. The van der Waals surface area contributed by atoms with Crippen molar-refractivity contribution in [2.75, 3.05) is 45.2 Å². The molecule has 1 aromatic carbocycles. The lowest BCUT2D eigenvalue weighted by molar-refractivity contribution is 0.0928. The largest absolute Gasteiger partial charge is 0.492 e. The van der Waals surface area contributed by atoms with E-state index in [1.54, 1.807) is 33.5 Å². The van der Waals surface area contributed by atoms with Crippen LogP contribution < -0.4 is 10.1 Å². The standard InChI is InChI=1S/C32H35FN8O2/c1-21-19-39(14-13-38(21)2)15-16-43-24-11-12-40-28(18-34-29(40)17-24)32(42)36-26-7-4-8-27-30(26)31(33)37-41(27)20-23-5-3-6-25(35-23)22-9-10-22/h3-8,11-12,17-18,21-22H,9-10,13-16,19-20H2,1-2H3,(H,36,42)/t21-/m0/s1. The van der Waals surface area contributed by atoms with Crippen molar-refractivity contribution in [1.82, 2.24) is 33.9 Å². The molecule has 1 saturated carbocycles. The number of amides is 1. The molecule has 222 valence electrons. The van der Waals surface area contributed by atoms with Crippen molar-refractivity contribution in [3.8, 4) is 5.75 Å². The van der Waals surface area contributed by atoms with Crippen LogP contribution in [0.5, 0.6) is 5.75 Å². The number of ether oxygens (including phenoxy) is 1. The smallest absolute Gasteiger partial charge is 0.274 e. The van der Waals surface area contributed by atoms with Gasteiger partial charge in [-0.2, -0.15) is 4.39 Å². The molecule has 2 fully saturated rings. The normalized spacial score (nSPS) is 18.0. The Kier molecular flexibility index (Phi) is 7.28. The fourth-order valence-electron chi connectivity index (χ4n) is 5.78. The second-order valence-corrected chi connectivity index (χ2v) is 11.6. The maximum absolute atomic E-state index is 15.2. The molecule has 2 aliphatic rings. The summed E-state index contributed by atoms with van der Waals surface area (Å²) < 4.78 is 24.5. The molecule has 5 heterocycles. The average Bonchev–Trinajstić information content (AvgIpc) is 3.70. The Hall–Kier alpha value is -4.35. The van der Waals surface area contributed by atoms with Crippen LogP contribution in [0.4, 0.5) is 10.1 Å². The number of carbonyl (C=O) groups excluding carboxylic acids is 1. The molecule has 1 aliphatic heterocycles. The van der Waals surface area contributed by atoms with Gasteiger partial charge in [0.2, 0.25) is 5.95 Å². The number of carbonyl (C=O) groups is 1. The third-order valence-electron chi connectivity index (χ3n) is 8.56. The van der Waals surface area contributed by atoms with Crippen molar-refractivity contribution in [1.29, 1.82) is 0 Å². The number of rotatable bonds is 9. The van der Waals surface area contributed by atoms with E-state index in [0.717, 1.165) is 50.4 Å². The second kappa shape index (κ2) is 11.4. The Morgan fingerprint density at radius 1 is 1.14 bits per heavy atom. The van der Waals surface area contributed by atoms with E-state index in [-0.39, 0.29) is 5.39 Å². The van der Waals surface area contributed by atoms with E-state index in [1.807, 2.05) is 30.3 Å². The van der Waals surface area contributed by atoms with Gasteiger partial charge >= 0.3 is 0 Å². The number of piperazine rings is 1. The first-order valence-corrected chi connectivity index (χ1v) is 14.9. The number of pyridine rings is 2. The van der Waals surface area contributed by atoms with E-state index in [1.165, 1.54) is 6.20 Å². The van der Waals surface area contributed by atoms with Crippen molar-refractivity contribution in [2.45, 2.75) is 38.3 Å². The number of hydrogen-bond acceptors (Lipinski definition) is 7. The fourth-order valence-corrected chi connectivity index (χ4v) is 5.78. The van der Waals surface area contributed by atoms with E-state index in [0.29, 0.717) is 53.4 Å². The predicted molar refractivity (Wildman–Crippen MR) is 162 cm³/mol. The van der Waals surface area contributed by atoms with Crippen LogP contribution in [0.15, 0.2) is 60.9 Å². The molecule has 1 N–H and O–H groups in total. The number of anilines is 1. The van der Waals surface area contributed by atoms with E-state index >= 15 is 4.39 Å². The molecule has 1 atom stereocenters. The lowest BCUT2D eigenvalue weighted by Crippen LogP contribution is -2.50. The van der Waals surface area contributed by atoms with Gasteiger partial charge in [0, 0.05) is 56.1 Å². The van der Waals surface area contributed by atoms with Gasteiger partial charge in [0.05, 0.1) is 35.0 Å². The van der Waals surface area contributed by atoms with Crippen LogP contribution in [0.3, 0.4) is 0 Å². The molecular weight excluding hydrogens is 547 g/mol. The molecule has 11 heteroatoms. The summed E-state index contributed by atoms with van der Waals surface area (Å²) in [6, 6.07) is 15.4. The van der Waals surface area contributed by atoms with Crippen molar-refractivity contribution in [3.63, 3.8) is 0 Å². The van der Waals surface area contributed by atoms with Gasteiger partial charge in [0.15, 0.2) is 0 Å². The monoisotopic (exact) mass is 582 g/mol. The van der Waals surface area contributed by atoms with Crippen LogP contribution in [0.1, 0.15) is 47.6 Å². The molecule has 5 aromatic rings. The van der Waals surface area contributed by atoms with Crippen molar-refractivity contribution < 1.29 is 13.9 Å². The number of nitrogens with zero attached hydrogens (tertiary/aromatic N) is 7. The number of fused-ring (bicyclic) bond motifs is 2. The summed E-state index contributed by atoms with van der Waals surface area (Å²) in [5, 5.41) is 7.28. The highest BCUT2D eigenvalue weighted by Crippen LogP contribution is 2.39. The summed E-state index contributed by atoms with van der Waals surface area (Å²) in [7, 11) is 2.16. The zero-order valence-electron chi connectivity index (χ0n) is 24.4. The third kappa shape index (κ3) is 5.70. The highest BCUT2D eigenvalue weighted by molar-refractivity contribution is 6.08. The molecule has 0 radical (unpaired) electrons. The van der Waals surface area contributed by atoms with Crippen LogP contribution in [-0.4, -0.2) is 85.7 Å². The van der Waals surface area contributed by atoms with Gasteiger partial charge in [0.1, 0.15) is 23.7 Å². The average molecular weight is 583 g/mol. The van der Waals surface area contributed by atoms with Crippen LogP contribution in [0.25, 0.3) is 16.6 Å². The Labute approximate surface area is 249 Å². The van der Waals surface area contributed by atoms with E-state index < -0.39 is 11.9 Å². The molecule has 0 spiro atoms. The molecule has 1 amide bonds. The summed E-state index contributed by atoms with van der Waals surface area (Å²) in [6.45, 7) is 7.13. The van der Waals surface area contributed by atoms with Gasteiger partial charge in [-0.25, -0.2) is 4.98 Å². The zero-order chi connectivity index (χ0) is 29.5. The number of hydrogen-bond donors (Lipinski definition) is 1. The first kappa shape index (κ1) is 27.5. The van der Waals surface area contributed by atoms with E-state index in [9.17, 15) is 4.79 Å². The SMILES string of the molecule is C[C@H]1CN(CCOc2ccn3c(C(=O)Nc4cccc5c4c(F)nn5Cc4cccc(C5CC5)n4)cnc3c2)CCN1C. The number of likely N-dealkylation sites (N-methyl/N-ethyl adjacent to an activating group) is 1. The lowest BCUT2D eigenvalue weighted by Gasteiger charge is -2.37. The first-order valence-electron chi connectivity index (χ1n) is 14.9. The van der Waals surface area contributed by atoms with Gasteiger partial charge < -0.3 is 15.0 Å². The molecule has 0 unspecified atom stereocenters. The number of nitrogens with one attached hydrogen (secondary N) is 1. The summed E-state index contributed by atoms with van der Waals surface area (Å²) in [4.78, 5) is 27.3. The lowest BCUT2D eigenvalue weighted by atomic mass is 10.2. The van der Waals surface area contributed by atoms with Gasteiger partial charge in [-0.15, -0.1) is 5.10 Å². The zero-order valence-corrected chi connectivity index (χ0v) is 24.4. The molecule has 0 bridgehead atoms. The summed E-state index contributed by atoms with van der Waals surface area (Å²) in [6.07, 6.45) is 5.61.